The molecule has 4 heteroatoms. The predicted octanol–water partition coefficient (Wildman–Crippen LogP) is 2.78. The van der Waals surface area contributed by atoms with Gasteiger partial charge in [-0.3, -0.25) is 9.11 Å². The minimum atomic E-state index is -0.683. The van der Waals surface area contributed by atoms with Crippen LogP contribution in [0.5, 0.6) is 0 Å². The first-order valence-corrected chi connectivity index (χ1v) is 10.5. The summed E-state index contributed by atoms with van der Waals surface area (Å²) in [5.41, 5.74) is 0. The summed E-state index contributed by atoms with van der Waals surface area (Å²) in [6.07, 6.45) is 11.2. The molecule has 1 saturated heterocycles. The second kappa shape index (κ2) is 8.64. The van der Waals surface area contributed by atoms with Crippen LogP contribution in [0.25, 0.3) is 0 Å². The number of hydrogen-bond acceptors (Lipinski definition) is 3. The van der Waals surface area contributed by atoms with Crippen LogP contribution < -0.4 is 5.32 Å². The quantitative estimate of drug-likeness (QED) is 0.818. The number of rotatable bonds is 6. The van der Waals surface area contributed by atoms with Crippen molar-refractivity contribution in [3.63, 3.8) is 0 Å². The van der Waals surface area contributed by atoms with Gasteiger partial charge in [-0.15, -0.1) is 0 Å². The topological polar surface area (TPSA) is 32.3 Å². The summed E-state index contributed by atoms with van der Waals surface area (Å²) in [6, 6.07) is 1.36. The SMILES string of the molecule is CCC1CNC(C2CCCCC2)CN1CCC(C)S(C)=O. The molecule has 2 aliphatic rings. The van der Waals surface area contributed by atoms with Crippen LogP contribution in [-0.4, -0.2) is 52.3 Å². The Labute approximate surface area is 133 Å². The van der Waals surface area contributed by atoms with Gasteiger partial charge in [0.1, 0.15) is 0 Å². The lowest BCUT2D eigenvalue weighted by Crippen LogP contribution is -2.59. The fourth-order valence-electron chi connectivity index (χ4n) is 3.93. The summed E-state index contributed by atoms with van der Waals surface area (Å²) in [4.78, 5) is 2.68. The van der Waals surface area contributed by atoms with Gasteiger partial charge in [0.25, 0.3) is 0 Å². The van der Waals surface area contributed by atoms with Crippen LogP contribution in [0.4, 0.5) is 0 Å². The van der Waals surface area contributed by atoms with Crippen LogP contribution in [0.1, 0.15) is 58.8 Å². The zero-order valence-corrected chi connectivity index (χ0v) is 15.0. The van der Waals surface area contributed by atoms with Crippen LogP contribution in [0.3, 0.4) is 0 Å². The molecule has 0 bridgehead atoms. The Morgan fingerprint density at radius 2 is 2.00 bits per heavy atom. The molecule has 4 unspecified atom stereocenters. The van der Waals surface area contributed by atoms with E-state index in [4.69, 9.17) is 0 Å². The van der Waals surface area contributed by atoms with E-state index in [-0.39, 0.29) is 0 Å². The highest BCUT2D eigenvalue weighted by Gasteiger charge is 2.32. The maximum Gasteiger partial charge on any atom is 0.0329 e. The van der Waals surface area contributed by atoms with Gasteiger partial charge in [-0.05, 0) is 38.1 Å². The fraction of sp³-hybridized carbons (Fsp3) is 1.00. The summed E-state index contributed by atoms with van der Waals surface area (Å²) >= 11 is 0. The molecule has 1 saturated carbocycles. The third-order valence-corrected chi connectivity index (χ3v) is 7.01. The Hall–Kier alpha value is 0.0700. The van der Waals surface area contributed by atoms with Crippen LogP contribution in [0, 0.1) is 5.92 Å². The molecule has 1 aliphatic heterocycles. The van der Waals surface area contributed by atoms with Crippen molar-refractivity contribution in [2.45, 2.75) is 76.1 Å². The highest BCUT2D eigenvalue weighted by molar-refractivity contribution is 7.84. The van der Waals surface area contributed by atoms with E-state index in [0.717, 1.165) is 25.4 Å². The van der Waals surface area contributed by atoms with Gasteiger partial charge in [0, 0.05) is 47.5 Å². The Kier molecular flexibility index (Phi) is 7.17. The van der Waals surface area contributed by atoms with E-state index in [2.05, 4.69) is 24.1 Å². The van der Waals surface area contributed by atoms with Crippen LogP contribution >= 0.6 is 0 Å². The van der Waals surface area contributed by atoms with Gasteiger partial charge in [-0.25, -0.2) is 0 Å². The summed E-state index contributed by atoms with van der Waals surface area (Å²) in [6.45, 7) is 7.87. The van der Waals surface area contributed by atoms with E-state index < -0.39 is 10.8 Å². The van der Waals surface area contributed by atoms with Crippen molar-refractivity contribution in [1.29, 1.82) is 0 Å². The fourth-order valence-corrected chi connectivity index (χ4v) is 4.36. The molecular formula is C17H34N2OS. The van der Waals surface area contributed by atoms with Crippen molar-refractivity contribution in [2.75, 3.05) is 25.9 Å². The Morgan fingerprint density at radius 1 is 1.29 bits per heavy atom. The monoisotopic (exact) mass is 314 g/mol. The first-order chi connectivity index (χ1) is 10.1. The first kappa shape index (κ1) is 17.4. The molecule has 0 amide bonds. The first-order valence-electron chi connectivity index (χ1n) is 8.91. The average molecular weight is 315 g/mol. The molecule has 0 radical (unpaired) electrons. The minimum Gasteiger partial charge on any atom is -0.311 e. The average Bonchev–Trinajstić information content (AvgIpc) is 2.53. The van der Waals surface area contributed by atoms with E-state index in [1.807, 2.05) is 6.26 Å². The van der Waals surface area contributed by atoms with Crippen molar-refractivity contribution < 1.29 is 4.21 Å². The van der Waals surface area contributed by atoms with Crippen molar-refractivity contribution in [1.82, 2.24) is 10.2 Å². The zero-order chi connectivity index (χ0) is 15.2. The Bertz CT molecular complexity index is 331. The largest absolute Gasteiger partial charge is 0.311 e. The summed E-state index contributed by atoms with van der Waals surface area (Å²) in [7, 11) is -0.683. The van der Waals surface area contributed by atoms with Gasteiger partial charge in [0.2, 0.25) is 0 Å². The smallest absolute Gasteiger partial charge is 0.0329 e. The molecule has 2 rings (SSSR count). The van der Waals surface area contributed by atoms with Gasteiger partial charge in [-0.1, -0.05) is 33.1 Å². The molecule has 4 atom stereocenters. The highest BCUT2D eigenvalue weighted by Crippen LogP contribution is 2.28. The molecule has 3 nitrogen and oxygen atoms in total. The zero-order valence-electron chi connectivity index (χ0n) is 14.1. The molecular weight excluding hydrogens is 280 g/mol. The summed E-state index contributed by atoms with van der Waals surface area (Å²) in [5.74, 6) is 0.886. The second-order valence-electron chi connectivity index (χ2n) is 7.07. The van der Waals surface area contributed by atoms with Crippen molar-refractivity contribution >= 4 is 10.8 Å². The van der Waals surface area contributed by atoms with E-state index in [1.54, 1.807) is 0 Å². The van der Waals surface area contributed by atoms with Gasteiger partial charge >= 0.3 is 0 Å². The van der Waals surface area contributed by atoms with E-state index >= 15 is 0 Å². The third-order valence-electron chi connectivity index (χ3n) is 5.64. The van der Waals surface area contributed by atoms with Gasteiger partial charge in [-0.2, -0.15) is 0 Å². The number of nitrogens with zero attached hydrogens (tertiary/aromatic N) is 1. The predicted molar refractivity (Wildman–Crippen MR) is 92.2 cm³/mol. The number of piperazine rings is 1. The van der Waals surface area contributed by atoms with E-state index in [9.17, 15) is 4.21 Å². The maximum atomic E-state index is 11.6. The van der Waals surface area contributed by atoms with Crippen molar-refractivity contribution in [3.8, 4) is 0 Å². The molecule has 0 spiro atoms. The van der Waals surface area contributed by atoms with Gasteiger partial charge in [0.05, 0.1) is 0 Å². The third kappa shape index (κ3) is 5.04. The lowest BCUT2D eigenvalue weighted by atomic mass is 9.82. The standard InChI is InChI=1S/C17H34N2OS/c1-4-16-12-18-17(15-8-6-5-7-9-15)13-19(16)11-10-14(2)21(3)20/h14-18H,4-13H2,1-3H3. The number of nitrogens with one attached hydrogen (secondary N) is 1. The molecule has 0 aromatic carbocycles. The van der Waals surface area contributed by atoms with Crippen LogP contribution in [0.2, 0.25) is 0 Å². The molecule has 1 N–H and O–H groups in total. The van der Waals surface area contributed by atoms with Gasteiger partial charge < -0.3 is 5.32 Å². The molecule has 1 aliphatic carbocycles. The highest BCUT2D eigenvalue weighted by atomic mass is 32.2. The lowest BCUT2D eigenvalue weighted by Gasteiger charge is -2.44. The Balaban J connectivity index is 1.87. The maximum absolute atomic E-state index is 11.6. The van der Waals surface area contributed by atoms with Gasteiger partial charge in [0.15, 0.2) is 0 Å². The lowest BCUT2D eigenvalue weighted by molar-refractivity contribution is 0.0926. The molecule has 0 aromatic rings. The Morgan fingerprint density at radius 3 is 2.62 bits per heavy atom. The van der Waals surface area contributed by atoms with Crippen molar-refractivity contribution in [2.24, 2.45) is 5.92 Å². The molecule has 1 heterocycles. The normalized spacial score (nSPS) is 32.0. The second-order valence-corrected chi connectivity index (χ2v) is 8.87. The molecule has 124 valence electrons. The summed E-state index contributed by atoms with van der Waals surface area (Å²) < 4.78 is 11.6. The minimum absolute atomic E-state index is 0.325. The van der Waals surface area contributed by atoms with Crippen molar-refractivity contribution in [3.05, 3.63) is 0 Å². The molecule has 21 heavy (non-hydrogen) atoms. The molecule has 0 aromatic heterocycles. The van der Waals surface area contributed by atoms with E-state index in [0.29, 0.717) is 17.3 Å². The molecule has 2 fully saturated rings. The van der Waals surface area contributed by atoms with Crippen LogP contribution in [0.15, 0.2) is 0 Å². The van der Waals surface area contributed by atoms with Crippen LogP contribution in [-0.2, 0) is 10.8 Å². The van der Waals surface area contributed by atoms with E-state index in [1.165, 1.54) is 45.1 Å². The summed E-state index contributed by atoms with van der Waals surface area (Å²) in [5, 5.41) is 4.15. The number of hydrogen-bond donors (Lipinski definition) is 1.